The van der Waals surface area contributed by atoms with Gasteiger partial charge in [0.1, 0.15) is 11.5 Å². The molecular weight excluding hydrogens is 454 g/mol. The molecule has 9 heteroatoms. The molecule has 2 N–H and O–H groups in total. The molecule has 3 rings (SSSR count). The van der Waals surface area contributed by atoms with Crippen molar-refractivity contribution in [3.05, 3.63) is 71.8 Å². The number of hydrogen-bond acceptors (Lipinski definition) is 4. The van der Waals surface area contributed by atoms with Crippen molar-refractivity contribution in [1.29, 1.82) is 0 Å². The van der Waals surface area contributed by atoms with Crippen LogP contribution in [0.3, 0.4) is 0 Å². The van der Waals surface area contributed by atoms with Gasteiger partial charge in [0.25, 0.3) is 5.91 Å². The normalized spacial score (nSPS) is 12.2. The number of nitrogens with one attached hydrogen (secondary N) is 2. The highest BCUT2D eigenvalue weighted by Gasteiger charge is 2.09. The Balaban J connectivity index is 0.000000349. The van der Waals surface area contributed by atoms with Crippen molar-refractivity contribution in [2.45, 2.75) is 32.2 Å². The molecule has 2 aromatic rings. The lowest BCUT2D eigenvalue weighted by Crippen LogP contribution is -2.34. The number of hydrogen-bond donors (Lipinski definition) is 2. The van der Waals surface area contributed by atoms with Crippen LogP contribution in [0.4, 0.5) is 8.78 Å². The Bertz CT molecular complexity index is 899. The SMILES string of the molecule is C=C.CC(CCNC(=O)COc1ccc(F)c(F)c1)NC=O.Clc1ccc2c(c1)CCCO2. The summed E-state index contributed by atoms with van der Waals surface area (Å²) in [6.45, 7) is 8.73. The van der Waals surface area contributed by atoms with Crippen LogP contribution in [-0.2, 0) is 16.0 Å². The van der Waals surface area contributed by atoms with Crippen LogP contribution in [0.2, 0.25) is 5.02 Å². The van der Waals surface area contributed by atoms with E-state index in [9.17, 15) is 18.4 Å². The first-order valence-corrected chi connectivity index (χ1v) is 10.7. The van der Waals surface area contributed by atoms with Crippen LogP contribution in [-0.4, -0.2) is 38.1 Å². The van der Waals surface area contributed by atoms with E-state index in [1.54, 1.807) is 6.92 Å². The van der Waals surface area contributed by atoms with E-state index in [-0.39, 0.29) is 24.3 Å². The van der Waals surface area contributed by atoms with Gasteiger partial charge in [-0.25, -0.2) is 8.78 Å². The summed E-state index contributed by atoms with van der Waals surface area (Å²) >= 11 is 5.82. The highest BCUT2D eigenvalue weighted by atomic mass is 35.5. The number of carbonyl (C=O) groups is 2. The molecule has 33 heavy (non-hydrogen) atoms. The zero-order valence-corrected chi connectivity index (χ0v) is 19.3. The molecular formula is C24H29ClF2N2O4. The first kappa shape index (κ1) is 27.9. The molecule has 0 aromatic heterocycles. The molecule has 1 aliphatic rings. The highest BCUT2D eigenvalue weighted by molar-refractivity contribution is 6.30. The van der Waals surface area contributed by atoms with Crippen molar-refractivity contribution < 1.29 is 27.8 Å². The monoisotopic (exact) mass is 482 g/mol. The fourth-order valence-electron chi connectivity index (χ4n) is 2.72. The van der Waals surface area contributed by atoms with Gasteiger partial charge in [-0.2, -0.15) is 0 Å². The number of aryl methyl sites for hydroxylation is 1. The minimum Gasteiger partial charge on any atom is -0.493 e. The average molecular weight is 483 g/mol. The van der Waals surface area contributed by atoms with E-state index in [2.05, 4.69) is 23.8 Å². The zero-order chi connectivity index (χ0) is 24.6. The minimum atomic E-state index is -1.03. The Labute approximate surface area is 197 Å². The van der Waals surface area contributed by atoms with Crippen LogP contribution in [0.15, 0.2) is 49.6 Å². The van der Waals surface area contributed by atoms with Crippen LogP contribution in [0.25, 0.3) is 0 Å². The number of fused-ring (bicyclic) bond motifs is 1. The standard InChI is InChI=1S/C13H16F2N2O3.C9H9ClO.C2H4/c1-9(17-8-18)4-5-16-13(19)7-20-10-2-3-11(14)12(15)6-10;10-8-3-4-9-7(6-8)2-1-5-11-9;1-2/h2-3,6,8-9H,4-5,7H2,1H3,(H,16,19)(H,17,18);3-4,6H,1-2,5H2;1-2H2. The first-order valence-electron chi connectivity index (χ1n) is 10.3. The second kappa shape index (κ2) is 15.6. The molecule has 180 valence electrons. The van der Waals surface area contributed by atoms with Gasteiger partial charge in [0.15, 0.2) is 18.2 Å². The number of ether oxygens (including phenoxy) is 2. The maximum Gasteiger partial charge on any atom is 0.257 e. The third-order valence-corrected chi connectivity index (χ3v) is 4.62. The van der Waals surface area contributed by atoms with Crippen LogP contribution in [0.1, 0.15) is 25.3 Å². The van der Waals surface area contributed by atoms with Crippen molar-refractivity contribution in [2.24, 2.45) is 0 Å². The Morgan fingerprint density at radius 3 is 2.70 bits per heavy atom. The van der Waals surface area contributed by atoms with E-state index in [0.717, 1.165) is 42.4 Å². The van der Waals surface area contributed by atoms with E-state index in [4.69, 9.17) is 21.1 Å². The molecule has 0 fully saturated rings. The molecule has 1 heterocycles. The van der Waals surface area contributed by atoms with Gasteiger partial charge in [0.05, 0.1) is 6.61 Å². The van der Waals surface area contributed by atoms with Gasteiger partial charge >= 0.3 is 0 Å². The summed E-state index contributed by atoms with van der Waals surface area (Å²) in [6, 6.07) is 8.79. The predicted molar refractivity (Wildman–Crippen MR) is 125 cm³/mol. The van der Waals surface area contributed by atoms with Gasteiger partial charge in [-0.3, -0.25) is 9.59 Å². The second-order valence-corrected chi connectivity index (χ2v) is 7.33. The first-order chi connectivity index (χ1) is 15.9. The van der Waals surface area contributed by atoms with E-state index in [0.29, 0.717) is 19.4 Å². The maximum absolute atomic E-state index is 12.9. The fraction of sp³-hybridized carbons (Fsp3) is 0.333. The van der Waals surface area contributed by atoms with Gasteiger partial charge < -0.3 is 20.1 Å². The maximum atomic E-state index is 12.9. The third kappa shape index (κ3) is 10.8. The quantitative estimate of drug-likeness (QED) is 0.430. The predicted octanol–water partition coefficient (Wildman–Crippen LogP) is 4.45. The van der Waals surface area contributed by atoms with Gasteiger partial charge in [-0.15, -0.1) is 13.2 Å². The molecule has 2 amide bonds. The molecule has 0 aliphatic carbocycles. The Kier molecular flexibility index (Phi) is 13.2. The van der Waals surface area contributed by atoms with E-state index in [1.807, 2.05) is 18.2 Å². The van der Waals surface area contributed by atoms with Crippen LogP contribution in [0.5, 0.6) is 11.5 Å². The van der Waals surface area contributed by atoms with Crippen molar-refractivity contribution in [3.63, 3.8) is 0 Å². The summed E-state index contributed by atoms with van der Waals surface area (Å²) in [4.78, 5) is 21.6. The summed E-state index contributed by atoms with van der Waals surface area (Å²) < 4.78 is 36.0. The summed E-state index contributed by atoms with van der Waals surface area (Å²) in [5.41, 5.74) is 1.24. The molecule has 1 unspecified atom stereocenters. The van der Waals surface area contributed by atoms with Crippen LogP contribution < -0.4 is 20.1 Å². The molecule has 0 saturated heterocycles. The Hall–Kier alpha value is -3.13. The summed E-state index contributed by atoms with van der Waals surface area (Å²) in [7, 11) is 0. The number of carbonyl (C=O) groups excluding carboxylic acids is 2. The second-order valence-electron chi connectivity index (χ2n) is 6.89. The van der Waals surface area contributed by atoms with E-state index < -0.39 is 11.6 Å². The van der Waals surface area contributed by atoms with Crippen molar-refractivity contribution in [2.75, 3.05) is 19.8 Å². The molecule has 2 aromatic carbocycles. The number of benzene rings is 2. The number of halogens is 3. The molecule has 0 spiro atoms. The Morgan fingerprint density at radius 1 is 1.24 bits per heavy atom. The fourth-order valence-corrected chi connectivity index (χ4v) is 2.92. The van der Waals surface area contributed by atoms with Gasteiger partial charge in [0.2, 0.25) is 6.41 Å². The lowest BCUT2D eigenvalue weighted by Gasteiger charge is -2.16. The summed E-state index contributed by atoms with van der Waals surface area (Å²) in [5, 5.41) is 5.93. The van der Waals surface area contributed by atoms with Crippen LogP contribution >= 0.6 is 11.6 Å². The van der Waals surface area contributed by atoms with Gasteiger partial charge in [-0.1, -0.05) is 11.6 Å². The smallest absolute Gasteiger partial charge is 0.257 e. The van der Waals surface area contributed by atoms with Crippen LogP contribution in [0, 0.1) is 11.6 Å². The van der Waals surface area contributed by atoms with E-state index in [1.165, 1.54) is 11.6 Å². The molecule has 1 atom stereocenters. The van der Waals surface area contributed by atoms with Crippen molar-refractivity contribution >= 4 is 23.9 Å². The molecule has 1 aliphatic heterocycles. The average Bonchev–Trinajstić information content (AvgIpc) is 2.81. The number of amides is 2. The molecule has 0 saturated carbocycles. The third-order valence-electron chi connectivity index (χ3n) is 4.38. The zero-order valence-electron chi connectivity index (χ0n) is 18.5. The summed E-state index contributed by atoms with van der Waals surface area (Å²) in [5.74, 6) is -1.31. The largest absolute Gasteiger partial charge is 0.493 e. The lowest BCUT2D eigenvalue weighted by atomic mass is 10.1. The Morgan fingerprint density at radius 2 is 2.00 bits per heavy atom. The minimum absolute atomic E-state index is 0.0417. The molecule has 0 radical (unpaired) electrons. The van der Waals surface area contributed by atoms with Gasteiger partial charge in [-0.05, 0) is 62.1 Å². The number of rotatable bonds is 8. The highest BCUT2D eigenvalue weighted by Crippen LogP contribution is 2.27. The molecule has 6 nitrogen and oxygen atoms in total. The summed E-state index contributed by atoms with van der Waals surface area (Å²) in [6.07, 6.45) is 3.37. The lowest BCUT2D eigenvalue weighted by molar-refractivity contribution is -0.123. The van der Waals surface area contributed by atoms with Gasteiger partial charge in [0, 0.05) is 23.7 Å². The topological polar surface area (TPSA) is 76.7 Å². The van der Waals surface area contributed by atoms with Crippen molar-refractivity contribution in [3.8, 4) is 11.5 Å². The van der Waals surface area contributed by atoms with Crippen molar-refractivity contribution in [1.82, 2.24) is 10.6 Å². The van der Waals surface area contributed by atoms with E-state index >= 15 is 0 Å². The molecule has 0 bridgehead atoms.